The van der Waals surface area contributed by atoms with Crippen LogP contribution in [0.4, 0.5) is 5.69 Å². The molecule has 2 rings (SSSR count). The third-order valence-corrected chi connectivity index (χ3v) is 2.00. The quantitative estimate of drug-likeness (QED) is 0.828. The van der Waals surface area contributed by atoms with E-state index in [0.717, 1.165) is 10.0 Å². The van der Waals surface area contributed by atoms with Crippen molar-refractivity contribution < 1.29 is 4.52 Å². The normalized spacial score (nSPS) is 10.2. The molecule has 66 valence electrons. The molecule has 0 unspecified atom stereocenters. The van der Waals surface area contributed by atoms with Crippen molar-refractivity contribution in [2.75, 3.05) is 5.73 Å². The second-order valence-electron chi connectivity index (χ2n) is 2.50. The maximum atomic E-state index is 5.62. The van der Waals surface area contributed by atoms with E-state index in [2.05, 4.69) is 26.1 Å². The molecule has 0 atom stereocenters. The number of pyridine rings is 1. The fourth-order valence-corrected chi connectivity index (χ4v) is 1.37. The Morgan fingerprint density at radius 1 is 1.31 bits per heavy atom. The molecule has 0 aliphatic carbocycles. The third-order valence-electron chi connectivity index (χ3n) is 1.57. The summed E-state index contributed by atoms with van der Waals surface area (Å²) < 4.78 is 5.85. The smallest absolute Gasteiger partial charge is 0.191 e. The molecule has 0 amide bonds. The molecule has 4 nitrogen and oxygen atoms in total. The summed E-state index contributed by atoms with van der Waals surface area (Å²) in [6, 6.07) is 1.86. The van der Waals surface area contributed by atoms with Gasteiger partial charge in [-0.2, -0.15) is 0 Å². The Kier molecular flexibility index (Phi) is 2.02. The lowest BCUT2D eigenvalue weighted by molar-refractivity contribution is 0.432. The van der Waals surface area contributed by atoms with Crippen molar-refractivity contribution in [1.82, 2.24) is 10.1 Å². The first-order valence-corrected chi connectivity index (χ1v) is 4.38. The second kappa shape index (κ2) is 3.18. The summed E-state index contributed by atoms with van der Waals surface area (Å²) in [4.78, 5) is 3.99. The second-order valence-corrected chi connectivity index (χ2v) is 3.42. The molecule has 5 heteroatoms. The minimum atomic E-state index is 0.514. The van der Waals surface area contributed by atoms with Gasteiger partial charge in [-0.1, -0.05) is 5.16 Å². The molecule has 0 aliphatic rings. The van der Waals surface area contributed by atoms with Crippen LogP contribution < -0.4 is 5.73 Å². The van der Waals surface area contributed by atoms with Gasteiger partial charge in [0.15, 0.2) is 5.76 Å². The number of nitrogen functional groups attached to an aromatic ring is 1. The Morgan fingerprint density at radius 3 is 2.77 bits per heavy atom. The molecule has 0 bridgehead atoms. The van der Waals surface area contributed by atoms with E-state index < -0.39 is 0 Å². The highest BCUT2D eigenvalue weighted by atomic mass is 79.9. The topological polar surface area (TPSA) is 64.9 Å². The molecular weight excluding hydrogens is 234 g/mol. The number of nitrogens with two attached hydrogens (primary N) is 1. The zero-order chi connectivity index (χ0) is 9.26. The van der Waals surface area contributed by atoms with Crippen LogP contribution in [0.5, 0.6) is 0 Å². The zero-order valence-corrected chi connectivity index (χ0v) is 8.15. The first-order chi connectivity index (χ1) is 6.27. The van der Waals surface area contributed by atoms with Crippen molar-refractivity contribution in [3.63, 3.8) is 0 Å². The van der Waals surface area contributed by atoms with Crippen LogP contribution in [0, 0.1) is 0 Å². The lowest BCUT2D eigenvalue weighted by Gasteiger charge is -1.96. The van der Waals surface area contributed by atoms with E-state index in [1.807, 2.05) is 6.07 Å². The predicted octanol–water partition coefficient (Wildman–Crippen LogP) is 2.08. The van der Waals surface area contributed by atoms with E-state index in [0.29, 0.717) is 11.4 Å². The molecule has 2 aromatic rings. The van der Waals surface area contributed by atoms with Crippen LogP contribution in [-0.2, 0) is 0 Å². The van der Waals surface area contributed by atoms with Crippen LogP contribution in [-0.4, -0.2) is 10.1 Å². The van der Waals surface area contributed by atoms with E-state index in [-0.39, 0.29) is 0 Å². The van der Waals surface area contributed by atoms with Gasteiger partial charge in [0.1, 0.15) is 5.69 Å². The summed E-state index contributed by atoms with van der Waals surface area (Å²) in [5.74, 6) is 0.550. The Bertz CT molecular complexity index is 427. The average Bonchev–Trinajstić information content (AvgIpc) is 2.51. The van der Waals surface area contributed by atoms with Crippen molar-refractivity contribution in [1.29, 1.82) is 0 Å². The average molecular weight is 240 g/mol. The van der Waals surface area contributed by atoms with Crippen molar-refractivity contribution in [2.45, 2.75) is 0 Å². The van der Waals surface area contributed by atoms with E-state index in [4.69, 9.17) is 10.3 Å². The van der Waals surface area contributed by atoms with E-state index >= 15 is 0 Å². The zero-order valence-electron chi connectivity index (χ0n) is 6.57. The SMILES string of the molecule is Nc1cnoc1-c1cncc(Br)c1. The number of anilines is 1. The molecule has 0 aliphatic heterocycles. The first-order valence-electron chi connectivity index (χ1n) is 3.58. The number of hydrogen-bond donors (Lipinski definition) is 1. The molecule has 0 fully saturated rings. The molecule has 0 saturated heterocycles. The molecule has 0 saturated carbocycles. The highest BCUT2D eigenvalue weighted by Crippen LogP contribution is 2.26. The fourth-order valence-electron chi connectivity index (χ4n) is 1.00. The van der Waals surface area contributed by atoms with Gasteiger partial charge in [-0.3, -0.25) is 4.98 Å². The Morgan fingerprint density at radius 2 is 2.15 bits per heavy atom. The summed E-state index contributed by atoms with van der Waals surface area (Å²) in [5.41, 5.74) is 6.95. The molecule has 13 heavy (non-hydrogen) atoms. The van der Waals surface area contributed by atoms with Gasteiger partial charge in [0.25, 0.3) is 0 Å². The van der Waals surface area contributed by atoms with Gasteiger partial charge in [0.05, 0.1) is 6.20 Å². The molecule has 2 N–H and O–H groups in total. The highest BCUT2D eigenvalue weighted by molar-refractivity contribution is 9.10. The van der Waals surface area contributed by atoms with Crippen LogP contribution >= 0.6 is 15.9 Å². The first kappa shape index (κ1) is 8.25. The van der Waals surface area contributed by atoms with Crippen molar-refractivity contribution in [2.24, 2.45) is 0 Å². The van der Waals surface area contributed by atoms with Gasteiger partial charge in [0, 0.05) is 22.4 Å². The summed E-state index contributed by atoms with van der Waals surface area (Å²) in [6.45, 7) is 0. The van der Waals surface area contributed by atoms with Crippen molar-refractivity contribution in [3.8, 4) is 11.3 Å². The Balaban J connectivity index is 2.53. The van der Waals surface area contributed by atoms with E-state index in [1.165, 1.54) is 6.20 Å². The maximum Gasteiger partial charge on any atom is 0.191 e. The van der Waals surface area contributed by atoms with Crippen molar-refractivity contribution in [3.05, 3.63) is 29.1 Å². The molecule has 2 aromatic heterocycles. The minimum Gasteiger partial charge on any atom is -0.394 e. The van der Waals surface area contributed by atoms with Crippen LogP contribution in [0.3, 0.4) is 0 Å². The molecule has 0 spiro atoms. The molecule has 0 radical (unpaired) electrons. The standard InChI is InChI=1S/C8H6BrN3O/c9-6-1-5(2-11-3-6)8-7(10)4-12-13-8/h1-4H,10H2. The van der Waals surface area contributed by atoms with E-state index in [1.54, 1.807) is 12.4 Å². The van der Waals surface area contributed by atoms with Crippen LogP contribution in [0.25, 0.3) is 11.3 Å². The summed E-state index contributed by atoms with van der Waals surface area (Å²) in [5, 5.41) is 3.58. The minimum absolute atomic E-state index is 0.514. The summed E-state index contributed by atoms with van der Waals surface area (Å²) in [6.07, 6.45) is 4.83. The Labute approximate surface area is 82.9 Å². The van der Waals surface area contributed by atoms with Gasteiger partial charge in [-0.15, -0.1) is 0 Å². The predicted molar refractivity (Wildman–Crippen MR) is 51.8 cm³/mol. The van der Waals surface area contributed by atoms with Gasteiger partial charge >= 0.3 is 0 Å². The number of halogens is 1. The molecular formula is C8H6BrN3O. The monoisotopic (exact) mass is 239 g/mol. The van der Waals surface area contributed by atoms with Gasteiger partial charge in [-0.25, -0.2) is 0 Å². The summed E-state index contributed by atoms with van der Waals surface area (Å²) in [7, 11) is 0. The summed E-state index contributed by atoms with van der Waals surface area (Å²) >= 11 is 3.31. The van der Waals surface area contributed by atoms with Crippen molar-refractivity contribution >= 4 is 21.6 Å². The fraction of sp³-hybridized carbons (Fsp3) is 0. The van der Waals surface area contributed by atoms with Gasteiger partial charge < -0.3 is 10.3 Å². The van der Waals surface area contributed by atoms with Crippen LogP contribution in [0.1, 0.15) is 0 Å². The van der Waals surface area contributed by atoms with Gasteiger partial charge in [0.2, 0.25) is 0 Å². The van der Waals surface area contributed by atoms with Crippen LogP contribution in [0.15, 0.2) is 33.7 Å². The molecule has 2 heterocycles. The molecule has 0 aromatic carbocycles. The largest absolute Gasteiger partial charge is 0.394 e. The lowest BCUT2D eigenvalue weighted by atomic mass is 10.2. The van der Waals surface area contributed by atoms with E-state index in [9.17, 15) is 0 Å². The van der Waals surface area contributed by atoms with Crippen LogP contribution in [0.2, 0.25) is 0 Å². The third kappa shape index (κ3) is 1.55. The number of hydrogen-bond acceptors (Lipinski definition) is 4. The number of aromatic nitrogens is 2. The van der Waals surface area contributed by atoms with Gasteiger partial charge in [-0.05, 0) is 22.0 Å². The maximum absolute atomic E-state index is 5.62. The lowest BCUT2D eigenvalue weighted by Crippen LogP contribution is -1.85. The Hall–Kier alpha value is -1.36. The number of nitrogens with zero attached hydrogens (tertiary/aromatic N) is 2. The highest BCUT2D eigenvalue weighted by Gasteiger charge is 2.07. The number of rotatable bonds is 1.